The molecule has 0 aliphatic carbocycles. The van der Waals surface area contributed by atoms with Crippen LogP contribution in [0.5, 0.6) is 0 Å². The summed E-state index contributed by atoms with van der Waals surface area (Å²) in [5, 5.41) is 10.3. The van der Waals surface area contributed by atoms with Crippen molar-refractivity contribution in [1.29, 1.82) is 0 Å². The summed E-state index contributed by atoms with van der Waals surface area (Å²) in [6, 6.07) is 4.91. The van der Waals surface area contributed by atoms with Crippen molar-refractivity contribution in [2.75, 3.05) is 5.32 Å². The first-order valence-electron chi connectivity index (χ1n) is 6.05. The molecule has 0 unspecified atom stereocenters. The van der Waals surface area contributed by atoms with Gasteiger partial charge in [-0.05, 0) is 41.1 Å². The first-order chi connectivity index (χ1) is 10.0. The lowest BCUT2D eigenvalue weighted by atomic mass is 10.2. The number of halogens is 1. The van der Waals surface area contributed by atoms with Crippen molar-refractivity contribution in [2.45, 2.75) is 6.92 Å². The zero-order valence-electron chi connectivity index (χ0n) is 10.9. The lowest BCUT2D eigenvalue weighted by Crippen LogP contribution is -2.23. The molecule has 0 saturated carbocycles. The van der Waals surface area contributed by atoms with Crippen LogP contribution in [0.1, 0.15) is 16.1 Å². The summed E-state index contributed by atoms with van der Waals surface area (Å²) >= 11 is 3.29. The Balaban J connectivity index is 1.92. The molecule has 8 heteroatoms. The number of hydrogen-bond donors (Lipinski definition) is 2. The summed E-state index contributed by atoms with van der Waals surface area (Å²) in [5.74, 6) is -0.482. The molecule has 7 nitrogen and oxygen atoms in total. The van der Waals surface area contributed by atoms with Gasteiger partial charge in [0.1, 0.15) is 11.9 Å². The summed E-state index contributed by atoms with van der Waals surface area (Å²) < 4.78 is 2.34. The van der Waals surface area contributed by atoms with E-state index in [9.17, 15) is 9.59 Å². The van der Waals surface area contributed by atoms with Crippen molar-refractivity contribution in [3.05, 3.63) is 56.8 Å². The fourth-order valence-electron chi connectivity index (χ4n) is 1.87. The van der Waals surface area contributed by atoms with E-state index in [4.69, 9.17) is 0 Å². The van der Waals surface area contributed by atoms with E-state index in [2.05, 4.69) is 36.4 Å². The fraction of sp³-hybridized carbons (Fsp3) is 0.0769. The van der Waals surface area contributed by atoms with Crippen LogP contribution in [-0.2, 0) is 0 Å². The normalized spacial score (nSPS) is 10.8. The zero-order chi connectivity index (χ0) is 15.0. The van der Waals surface area contributed by atoms with E-state index in [0.717, 1.165) is 0 Å². The van der Waals surface area contributed by atoms with Gasteiger partial charge in [0.25, 0.3) is 11.5 Å². The minimum atomic E-state index is -0.482. The number of aromatic amines is 1. The maximum atomic E-state index is 12.2. The third-order valence-corrected chi connectivity index (χ3v) is 3.79. The van der Waals surface area contributed by atoms with Crippen LogP contribution in [0.15, 0.2) is 40.0 Å². The SMILES string of the molecule is Cc1[nH]c(=O)c(C(=O)Nc2ccc3nncn3c2)cc1Br. The minimum Gasteiger partial charge on any atom is -0.325 e. The first-order valence-corrected chi connectivity index (χ1v) is 6.84. The van der Waals surface area contributed by atoms with Crippen LogP contribution in [0, 0.1) is 6.92 Å². The van der Waals surface area contributed by atoms with E-state index in [1.54, 1.807) is 29.7 Å². The van der Waals surface area contributed by atoms with Gasteiger partial charge in [0.05, 0.1) is 5.69 Å². The number of fused-ring (bicyclic) bond motifs is 1. The molecular weight excluding hydrogens is 338 g/mol. The fourth-order valence-corrected chi connectivity index (χ4v) is 2.19. The second-order valence-electron chi connectivity index (χ2n) is 4.45. The van der Waals surface area contributed by atoms with Crippen molar-refractivity contribution in [2.24, 2.45) is 0 Å². The molecule has 21 heavy (non-hydrogen) atoms. The molecule has 0 saturated heterocycles. The molecule has 3 heterocycles. The van der Waals surface area contributed by atoms with Crippen LogP contribution in [0.3, 0.4) is 0 Å². The van der Waals surface area contributed by atoms with Gasteiger partial charge in [0.15, 0.2) is 5.65 Å². The number of H-pyrrole nitrogens is 1. The number of amides is 1. The van der Waals surface area contributed by atoms with Crippen molar-refractivity contribution in [1.82, 2.24) is 19.6 Å². The van der Waals surface area contributed by atoms with Crippen molar-refractivity contribution >= 4 is 33.2 Å². The summed E-state index contributed by atoms with van der Waals surface area (Å²) in [6.07, 6.45) is 3.20. The molecule has 0 spiro atoms. The Morgan fingerprint density at radius 2 is 2.24 bits per heavy atom. The summed E-state index contributed by atoms with van der Waals surface area (Å²) in [6.45, 7) is 1.74. The Morgan fingerprint density at radius 3 is 3.05 bits per heavy atom. The van der Waals surface area contributed by atoms with E-state index in [1.807, 2.05) is 0 Å². The van der Waals surface area contributed by atoms with E-state index in [-0.39, 0.29) is 5.56 Å². The van der Waals surface area contributed by atoms with Gasteiger partial charge in [0.2, 0.25) is 0 Å². The predicted molar refractivity (Wildman–Crippen MR) is 80.4 cm³/mol. The second-order valence-corrected chi connectivity index (χ2v) is 5.31. The van der Waals surface area contributed by atoms with Gasteiger partial charge in [-0.3, -0.25) is 14.0 Å². The summed E-state index contributed by atoms with van der Waals surface area (Å²) in [7, 11) is 0. The number of pyridine rings is 2. The Labute approximate surface area is 127 Å². The highest BCUT2D eigenvalue weighted by molar-refractivity contribution is 9.10. The van der Waals surface area contributed by atoms with Crippen molar-refractivity contribution < 1.29 is 4.79 Å². The van der Waals surface area contributed by atoms with Gasteiger partial charge in [-0.15, -0.1) is 10.2 Å². The predicted octanol–water partition coefficient (Wildman–Crippen LogP) is 1.74. The largest absolute Gasteiger partial charge is 0.325 e. The average Bonchev–Trinajstić information content (AvgIpc) is 2.90. The Morgan fingerprint density at radius 1 is 1.43 bits per heavy atom. The van der Waals surface area contributed by atoms with E-state index in [1.165, 1.54) is 12.4 Å². The Kier molecular flexibility index (Phi) is 3.30. The van der Waals surface area contributed by atoms with Gasteiger partial charge < -0.3 is 10.3 Å². The van der Waals surface area contributed by atoms with Crippen LogP contribution >= 0.6 is 15.9 Å². The highest BCUT2D eigenvalue weighted by Gasteiger charge is 2.13. The number of rotatable bonds is 2. The highest BCUT2D eigenvalue weighted by atomic mass is 79.9. The third-order valence-electron chi connectivity index (χ3n) is 2.97. The smallest absolute Gasteiger partial charge is 0.261 e. The maximum absolute atomic E-state index is 12.2. The van der Waals surface area contributed by atoms with Crippen molar-refractivity contribution in [3.8, 4) is 0 Å². The second kappa shape index (κ2) is 5.13. The average molecular weight is 348 g/mol. The number of aromatic nitrogens is 4. The van der Waals surface area contributed by atoms with E-state index in [0.29, 0.717) is 21.5 Å². The van der Waals surface area contributed by atoms with Crippen LogP contribution < -0.4 is 10.9 Å². The lowest BCUT2D eigenvalue weighted by Gasteiger charge is -2.06. The molecular formula is C13H10BrN5O2. The van der Waals surface area contributed by atoms with Crippen LogP contribution in [-0.4, -0.2) is 25.5 Å². The van der Waals surface area contributed by atoms with Gasteiger partial charge in [-0.1, -0.05) is 0 Å². The Hall–Kier alpha value is -2.48. The summed E-state index contributed by atoms with van der Waals surface area (Å²) in [4.78, 5) is 26.6. The summed E-state index contributed by atoms with van der Waals surface area (Å²) in [5.41, 5.74) is 1.49. The highest BCUT2D eigenvalue weighted by Crippen LogP contribution is 2.14. The molecule has 0 aliphatic heterocycles. The third kappa shape index (κ3) is 2.57. The standard InChI is InChI=1S/C13H10BrN5O2/c1-7-10(14)4-9(12(20)16-7)13(21)17-8-2-3-11-18-15-6-19(11)5-8/h2-6H,1H3,(H,16,20)(H,17,21). The maximum Gasteiger partial charge on any atom is 0.261 e. The molecule has 0 radical (unpaired) electrons. The number of carbonyl (C=O) groups is 1. The van der Waals surface area contributed by atoms with Crippen LogP contribution in [0.4, 0.5) is 5.69 Å². The number of aryl methyl sites for hydroxylation is 1. The van der Waals surface area contributed by atoms with Gasteiger partial charge in [-0.25, -0.2) is 0 Å². The molecule has 0 fully saturated rings. The molecule has 0 bridgehead atoms. The molecule has 0 aliphatic rings. The molecule has 106 valence electrons. The van der Waals surface area contributed by atoms with Gasteiger partial charge in [0, 0.05) is 16.4 Å². The molecule has 2 N–H and O–H groups in total. The molecule has 3 rings (SSSR count). The number of hydrogen-bond acceptors (Lipinski definition) is 4. The van der Waals surface area contributed by atoms with Crippen LogP contribution in [0.2, 0.25) is 0 Å². The zero-order valence-corrected chi connectivity index (χ0v) is 12.5. The van der Waals surface area contributed by atoms with Crippen LogP contribution in [0.25, 0.3) is 5.65 Å². The van der Waals surface area contributed by atoms with Gasteiger partial charge >= 0.3 is 0 Å². The topological polar surface area (TPSA) is 92.1 Å². The van der Waals surface area contributed by atoms with Crippen molar-refractivity contribution in [3.63, 3.8) is 0 Å². The lowest BCUT2D eigenvalue weighted by molar-refractivity contribution is 0.102. The number of carbonyl (C=O) groups excluding carboxylic acids is 1. The molecule has 1 amide bonds. The van der Waals surface area contributed by atoms with E-state index < -0.39 is 11.5 Å². The molecule has 3 aromatic rings. The molecule has 0 atom stereocenters. The quantitative estimate of drug-likeness (QED) is 0.738. The first kappa shape index (κ1) is 13.5. The molecule has 0 aromatic carbocycles. The number of anilines is 1. The minimum absolute atomic E-state index is 0.0383. The number of nitrogens with one attached hydrogen (secondary N) is 2. The monoisotopic (exact) mass is 347 g/mol. The number of nitrogens with zero attached hydrogens (tertiary/aromatic N) is 3. The van der Waals surface area contributed by atoms with E-state index >= 15 is 0 Å². The van der Waals surface area contributed by atoms with Gasteiger partial charge in [-0.2, -0.15) is 0 Å². The molecule has 3 aromatic heterocycles. The Bertz CT molecular complexity index is 899.